The first-order valence-electron chi connectivity index (χ1n) is 12.6. The molecule has 4 rings (SSSR count). The normalized spacial score (nSPS) is 31.0. The van der Waals surface area contributed by atoms with E-state index in [0.29, 0.717) is 24.3 Å². The number of sulfonamides is 1. The SMILES string of the molecule is CC(=O)N1C2CCC(C3CCC(NS(C)(=O)=O)CC3)CC2N(C(=O)Oc2ccc(F)cc2F)C[C@@H]1C. The molecule has 2 saturated carbocycles. The average molecular weight is 528 g/mol. The summed E-state index contributed by atoms with van der Waals surface area (Å²) in [5.41, 5.74) is 0. The zero-order valence-corrected chi connectivity index (χ0v) is 21.8. The Morgan fingerprint density at radius 3 is 2.31 bits per heavy atom. The number of hydrogen-bond acceptors (Lipinski definition) is 5. The summed E-state index contributed by atoms with van der Waals surface area (Å²) in [6, 6.07) is 2.12. The summed E-state index contributed by atoms with van der Waals surface area (Å²) in [4.78, 5) is 29.2. The maximum absolute atomic E-state index is 14.2. The lowest BCUT2D eigenvalue weighted by molar-refractivity contribution is -0.142. The first kappa shape index (κ1) is 26.8. The Morgan fingerprint density at radius 1 is 1.03 bits per heavy atom. The van der Waals surface area contributed by atoms with Crippen LogP contribution in [0, 0.1) is 23.5 Å². The summed E-state index contributed by atoms with van der Waals surface area (Å²) in [7, 11) is -3.24. The molecule has 0 spiro atoms. The van der Waals surface area contributed by atoms with Gasteiger partial charge in [-0.15, -0.1) is 0 Å². The minimum Gasteiger partial charge on any atom is -0.407 e. The lowest BCUT2D eigenvalue weighted by Crippen LogP contribution is -2.67. The van der Waals surface area contributed by atoms with E-state index in [0.717, 1.165) is 50.7 Å². The first-order valence-corrected chi connectivity index (χ1v) is 14.5. The number of hydrogen-bond donors (Lipinski definition) is 1. The molecule has 36 heavy (non-hydrogen) atoms. The number of nitrogens with zero attached hydrogens (tertiary/aromatic N) is 2. The van der Waals surface area contributed by atoms with Crippen LogP contribution in [-0.2, 0) is 14.8 Å². The molecular weight excluding hydrogens is 492 g/mol. The lowest BCUT2D eigenvalue weighted by atomic mass is 9.69. The van der Waals surface area contributed by atoms with Crippen LogP contribution < -0.4 is 9.46 Å². The minimum absolute atomic E-state index is 0.0408. The van der Waals surface area contributed by atoms with E-state index in [2.05, 4.69) is 4.72 Å². The quantitative estimate of drug-likeness (QED) is 0.645. The standard InChI is InChI=1S/C25H35F2N3O5S/c1-15-14-29(25(32)35-24-11-7-19(26)13-21(24)27)23-12-18(6-10-22(23)30(15)16(2)31)17-4-8-20(9-5-17)28-36(3,33)34/h7,11,13,15,17-18,20,22-23,28H,4-6,8-10,12,14H2,1-3H3/t15-,17?,18?,20?,22?,23?/m0/s1. The van der Waals surface area contributed by atoms with Gasteiger partial charge in [0.25, 0.3) is 0 Å². The van der Waals surface area contributed by atoms with Crippen molar-refractivity contribution in [2.75, 3.05) is 12.8 Å². The van der Waals surface area contributed by atoms with Crippen LogP contribution in [0.15, 0.2) is 18.2 Å². The molecule has 200 valence electrons. The first-order chi connectivity index (χ1) is 16.9. The average Bonchev–Trinajstić information content (AvgIpc) is 2.79. The van der Waals surface area contributed by atoms with Gasteiger partial charge in [-0.3, -0.25) is 4.79 Å². The molecule has 2 amide bonds. The fourth-order valence-corrected chi connectivity index (χ4v) is 7.40. The van der Waals surface area contributed by atoms with Gasteiger partial charge in [0.1, 0.15) is 5.82 Å². The van der Waals surface area contributed by atoms with Crippen LogP contribution in [-0.4, -0.2) is 67.2 Å². The molecule has 3 unspecified atom stereocenters. The molecule has 0 radical (unpaired) electrons. The molecule has 1 saturated heterocycles. The molecule has 0 aromatic heterocycles. The third kappa shape index (κ3) is 5.99. The van der Waals surface area contributed by atoms with Crippen LogP contribution in [0.3, 0.4) is 0 Å². The Kier molecular flexibility index (Phi) is 7.89. The number of benzene rings is 1. The van der Waals surface area contributed by atoms with Crippen molar-refractivity contribution in [3.8, 4) is 5.75 Å². The maximum atomic E-state index is 14.2. The van der Waals surface area contributed by atoms with Gasteiger partial charge in [-0.25, -0.2) is 26.7 Å². The highest BCUT2D eigenvalue weighted by molar-refractivity contribution is 7.88. The number of piperazine rings is 1. The molecule has 0 bridgehead atoms. The minimum atomic E-state index is -3.24. The molecule has 8 nitrogen and oxygen atoms in total. The topological polar surface area (TPSA) is 96.0 Å². The van der Waals surface area contributed by atoms with Gasteiger partial charge in [0, 0.05) is 31.6 Å². The van der Waals surface area contributed by atoms with Crippen LogP contribution in [0.5, 0.6) is 5.75 Å². The summed E-state index contributed by atoms with van der Waals surface area (Å²) in [6.07, 6.45) is 6.17. The second-order valence-electron chi connectivity index (χ2n) is 10.6. The largest absolute Gasteiger partial charge is 0.415 e. The van der Waals surface area contributed by atoms with E-state index in [4.69, 9.17) is 4.74 Å². The van der Waals surface area contributed by atoms with Gasteiger partial charge < -0.3 is 14.5 Å². The number of halogens is 2. The zero-order valence-electron chi connectivity index (χ0n) is 21.0. The Bertz CT molecular complexity index is 1090. The van der Waals surface area contributed by atoms with Crippen LogP contribution in [0.2, 0.25) is 0 Å². The maximum Gasteiger partial charge on any atom is 0.415 e. The van der Waals surface area contributed by atoms with Gasteiger partial charge in [0.05, 0.1) is 18.3 Å². The van der Waals surface area contributed by atoms with Crippen molar-refractivity contribution < 1.29 is 31.5 Å². The van der Waals surface area contributed by atoms with Crippen molar-refractivity contribution in [2.45, 2.75) is 83.0 Å². The number of nitrogens with one attached hydrogen (secondary N) is 1. The number of rotatable bonds is 4. The molecule has 11 heteroatoms. The fourth-order valence-electron chi connectivity index (χ4n) is 6.56. The second-order valence-corrected chi connectivity index (χ2v) is 12.4. The van der Waals surface area contributed by atoms with Gasteiger partial charge in [0.15, 0.2) is 11.6 Å². The molecule has 1 N–H and O–H groups in total. The fraction of sp³-hybridized carbons (Fsp3) is 0.680. The molecule has 4 atom stereocenters. The van der Waals surface area contributed by atoms with Crippen LogP contribution in [0.1, 0.15) is 58.8 Å². The van der Waals surface area contributed by atoms with Crippen molar-refractivity contribution >= 4 is 22.0 Å². The highest BCUT2D eigenvalue weighted by atomic mass is 32.2. The van der Waals surface area contributed by atoms with Crippen molar-refractivity contribution in [2.24, 2.45) is 11.8 Å². The number of fused-ring (bicyclic) bond motifs is 1. The zero-order chi connectivity index (χ0) is 26.2. The van der Waals surface area contributed by atoms with Crippen molar-refractivity contribution in [3.63, 3.8) is 0 Å². The van der Waals surface area contributed by atoms with Crippen LogP contribution >= 0.6 is 0 Å². The Morgan fingerprint density at radius 2 is 1.69 bits per heavy atom. The van der Waals surface area contributed by atoms with Gasteiger partial charge >= 0.3 is 6.09 Å². The highest BCUT2D eigenvalue weighted by Gasteiger charge is 2.48. The second kappa shape index (κ2) is 10.6. The van der Waals surface area contributed by atoms with E-state index >= 15 is 0 Å². The van der Waals surface area contributed by atoms with E-state index in [1.54, 1.807) is 4.90 Å². The van der Waals surface area contributed by atoms with E-state index < -0.39 is 27.8 Å². The third-order valence-corrected chi connectivity index (χ3v) is 8.79. The molecule has 1 aliphatic heterocycles. The summed E-state index contributed by atoms with van der Waals surface area (Å²) in [5, 5.41) is 0. The Hall–Kier alpha value is -2.27. The lowest BCUT2D eigenvalue weighted by Gasteiger charge is -2.54. The molecule has 1 aromatic carbocycles. The predicted octanol–water partition coefficient (Wildman–Crippen LogP) is 3.66. The Balaban J connectivity index is 1.49. The van der Waals surface area contributed by atoms with E-state index in [-0.39, 0.29) is 42.4 Å². The van der Waals surface area contributed by atoms with Gasteiger partial charge in [-0.1, -0.05) is 0 Å². The molecule has 3 fully saturated rings. The number of ether oxygens (including phenoxy) is 1. The highest BCUT2D eigenvalue weighted by Crippen LogP contribution is 2.43. The Labute approximate surface area is 211 Å². The predicted molar refractivity (Wildman–Crippen MR) is 130 cm³/mol. The van der Waals surface area contributed by atoms with Crippen molar-refractivity contribution in [1.82, 2.24) is 14.5 Å². The van der Waals surface area contributed by atoms with Crippen molar-refractivity contribution in [3.05, 3.63) is 29.8 Å². The number of amides is 2. The summed E-state index contributed by atoms with van der Waals surface area (Å²) < 4.78 is 58.7. The molecule has 2 aliphatic carbocycles. The van der Waals surface area contributed by atoms with Crippen LogP contribution in [0.4, 0.5) is 13.6 Å². The molecule has 1 heterocycles. The molecular formula is C25H35F2N3O5S. The molecule has 1 aromatic rings. The van der Waals surface area contributed by atoms with E-state index in [1.165, 1.54) is 13.2 Å². The number of carbonyl (C=O) groups excluding carboxylic acids is 2. The summed E-state index contributed by atoms with van der Waals surface area (Å²) >= 11 is 0. The third-order valence-electron chi connectivity index (χ3n) is 8.02. The van der Waals surface area contributed by atoms with Gasteiger partial charge in [-0.2, -0.15) is 0 Å². The van der Waals surface area contributed by atoms with Crippen LogP contribution in [0.25, 0.3) is 0 Å². The monoisotopic (exact) mass is 527 g/mol. The molecule has 3 aliphatic rings. The van der Waals surface area contributed by atoms with E-state index in [9.17, 15) is 26.8 Å². The van der Waals surface area contributed by atoms with E-state index in [1.807, 2.05) is 11.8 Å². The summed E-state index contributed by atoms with van der Waals surface area (Å²) in [5.74, 6) is -1.35. The van der Waals surface area contributed by atoms with Gasteiger partial charge in [-0.05, 0) is 75.8 Å². The summed E-state index contributed by atoms with van der Waals surface area (Å²) in [6.45, 7) is 3.69. The van der Waals surface area contributed by atoms with Gasteiger partial charge in [0.2, 0.25) is 15.9 Å². The number of carbonyl (C=O) groups is 2. The smallest absolute Gasteiger partial charge is 0.407 e. The van der Waals surface area contributed by atoms with Crippen molar-refractivity contribution in [1.29, 1.82) is 0 Å².